The molecular weight excluding hydrogens is 448 g/mol. The second-order valence-corrected chi connectivity index (χ2v) is 9.93. The van der Waals surface area contributed by atoms with Crippen molar-refractivity contribution in [1.29, 1.82) is 5.26 Å². The van der Waals surface area contributed by atoms with E-state index in [0.717, 1.165) is 11.1 Å². The quantitative estimate of drug-likeness (QED) is 0.568. The van der Waals surface area contributed by atoms with Gasteiger partial charge in [0.1, 0.15) is 6.07 Å². The zero-order chi connectivity index (χ0) is 24.0. The SMILES string of the molecule is N#Cc1ccccc1S(=O)(=O)N1CCN(C(=O)CNC(c2ccccc2)c2ccccc2)CC1. The first-order chi connectivity index (χ1) is 16.5. The summed E-state index contributed by atoms with van der Waals surface area (Å²) in [5.74, 6) is -0.0775. The molecule has 0 aliphatic carbocycles. The van der Waals surface area contributed by atoms with Crippen molar-refractivity contribution in [3.05, 3.63) is 102 Å². The minimum absolute atomic E-state index is 0.00695. The number of carbonyl (C=O) groups is 1. The molecule has 1 heterocycles. The average Bonchev–Trinajstić information content (AvgIpc) is 2.90. The Bertz CT molecular complexity index is 1230. The van der Waals surface area contributed by atoms with E-state index in [9.17, 15) is 18.5 Å². The van der Waals surface area contributed by atoms with E-state index in [1.807, 2.05) is 66.7 Å². The molecule has 1 amide bonds. The summed E-state index contributed by atoms with van der Waals surface area (Å²) in [6.07, 6.45) is 0. The molecule has 3 aromatic rings. The maximum absolute atomic E-state index is 13.0. The fourth-order valence-corrected chi connectivity index (χ4v) is 5.69. The monoisotopic (exact) mass is 474 g/mol. The van der Waals surface area contributed by atoms with Gasteiger partial charge in [-0.3, -0.25) is 10.1 Å². The van der Waals surface area contributed by atoms with Crippen LogP contribution in [0.4, 0.5) is 0 Å². The molecule has 1 aliphatic heterocycles. The summed E-state index contributed by atoms with van der Waals surface area (Å²) in [4.78, 5) is 14.6. The number of carbonyl (C=O) groups excluding carboxylic acids is 1. The van der Waals surface area contributed by atoms with E-state index in [2.05, 4.69) is 5.32 Å². The number of rotatable bonds is 7. The first-order valence-electron chi connectivity index (χ1n) is 11.1. The number of sulfonamides is 1. The molecule has 1 saturated heterocycles. The highest BCUT2D eigenvalue weighted by Gasteiger charge is 2.31. The number of amides is 1. The van der Waals surface area contributed by atoms with Crippen molar-refractivity contribution < 1.29 is 13.2 Å². The lowest BCUT2D eigenvalue weighted by atomic mass is 9.99. The summed E-state index contributed by atoms with van der Waals surface area (Å²) in [5, 5.41) is 12.6. The van der Waals surface area contributed by atoms with Crippen molar-refractivity contribution >= 4 is 15.9 Å². The van der Waals surface area contributed by atoms with Crippen LogP contribution in [0, 0.1) is 11.3 Å². The van der Waals surface area contributed by atoms with E-state index in [1.165, 1.54) is 16.4 Å². The Balaban J connectivity index is 1.39. The third kappa shape index (κ3) is 5.18. The maximum atomic E-state index is 13.0. The lowest BCUT2D eigenvalue weighted by Gasteiger charge is -2.34. The molecule has 0 spiro atoms. The topological polar surface area (TPSA) is 93.5 Å². The lowest BCUT2D eigenvalue weighted by molar-refractivity contribution is -0.131. The van der Waals surface area contributed by atoms with Crippen molar-refractivity contribution in [2.45, 2.75) is 10.9 Å². The third-order valence-electron chi connectivity index (χ3n) is 5.94. The second-order valence-electron chi connectivity index (χ2n) is 8.03. The number of benzene rings is 3. The Kier molecular flexibility index (Phi) is 7.38. The number of hydrogen-bond acceptors (Lipinski definition) is 5. The zero-order valence-electron chi connectivity index (χ0n) is 18.7. The molecule has 0 saturated carbocycles. The van der Waals surface area contributed by atoms with Gasteiger partial charge in [0.15, 0.2) is 0 Å². The van der Waals surface area contributed by atoms with E-state index in [4.69, 9.17) is 0 Å². The minimum atomic E-state index is -3.79. The summed E-state index contributed by atoms with van der Waals surface area (Å²) >= 11 is 0. The molecule has 3 aromatic carbocycles. The normalized spacial score (nSPS) is 14.6. The number of piperazine rings is 1. The van der Waals surface area contributed by atoms with Crippen LogP contribution in [0.5, 0.6) is 0 Å². The van der Waals surface area contributed by atoms with E-state index < -0.39 is 10.0 Å². The van der Waals surface area contributed by atoms with Crippen LogP contribution in [-0.2, 0) is 14.8 Å². The largest absolute Gasteiger partial charge is 0.339 e. The fraction of sp³-hybridized carbons (Fsp3) is 0.231. The van der Waals surface area contributed by atoms with Gasteiger partial charge >= 0.3 is 0 Å². The molecule has 1 N–H and O–H groups in total. The van der Waals surface area contributed by atoms with Gasteiger partial charge in [0, 0.05) is 26.2 Å². The molecule has 1 fully saturated rings. The first-order valence-corrected chi connectivity index (χ1v) is 12.5. The highest BCUT2D eigenvalue weighted by molar-refractivity contribution is 7.89. The Morgan fingerprint density at radius 3 is 1.94 bits per heavy atom. The maximum Gasteiger partial charge on any atom is 0.244 e. The van der Waals surface area contributed by atoms with Crippen molar-refractivity contribution in [3.63, 3.8) is 0 Å². The molecule has 1 aliphatic rings. The van der Waals surface area contributed by atoms with Crippen molar-refractivity contribution in [2.24, 2.45) is 0 Å². The van der Waals surface area contributed by atoms with Gasteiger partial charge in [0.2, 0.25) is 15.9 Å². The van der Waals surface area contributed by atoms with Crippen LogP contribution in [0.1, 0.15) is 22.7 Å². The van der Waals surface area contributed by atoms with E-state index >= 15 is 0 Å². The predicted octanol–water partition coefficient (Wildman–Crippen LogP) is 2.77. The van der Waals surface area contributed by atoms with Gasteiger partial charge in [0.25, 0.3) is 0 Å². The average molecular weight is 475 g/mol. The number of nitrogens with zero attached hydrogens (tertiary/aromatic N) is 3. The predicted molar refractivity (Wildman–Crippen MR) is 129 cm³/mol. The Morgan fingerprint density at radius 1 is 0.853 bits per heavy atom. The molecule has 0 radical (unpaired) electrons. The molecule has 0 atom stereocenters. The smallest absolute Gasteiger partial charge is 0.244 e. The molecular formula is C26H26N4O3S. The van der Waals surface area contributed by atoms with Gasteiger partial charge in [-0.05, 0) is 23.3 Å². The summed E-state index contributed by atoms with van der Waals surface area (Å²) in [7, 11) is -3.79. The molecule has 0 unspecified atom stereocenters. The van der Waals surface area contributed by atoms with Crippen LogP contribution in [-0.4, -0.2) is 56.3 Å². The molecule has 4 rings (SSSR count). The molecule has 7 nitrogen and oxygen atoms in total. The Hall–Kier alpha value is -3.51. The summed E-state index contributed by atoms with van der Waals surface area (Å²) in [6.45, 7) is 1.12. The summed E-state index contributed by atoms with van der Waals surface area (Å²) < 4.78 is 27.4. The third-order valence-corrected chi connectivity index (χ3v) is 7.90. The number of nitriles is 1. The van der Waals surface area contributed by atoms with Crippen LogP contribution >= 0.6 is 0 Å². The van der Waals surface area contributed by atoms with E-state index in [1.54, 1.807) is 17.0 Å². The molecule has 34 heavy (non-hydrogen) atoms. The van der Waals surface area contributed by atoms with Gasteiger partial charge in [-0.2, -0.15) is 9.57 Å². The molecule has 174 valence electrons. The fourth-order valence-electron chi connectivity index (χ4n) is 4.12. The van der Waals surface area contributed by atoms with E-state index in [-0.39, 0.29) is 42.0 Å². The van der Waals surface area contributed by atoms with Gasteiger partial charge in [0.05, 0.1) is 23.0 Å². The Labute approximate surface area is 200 Å². The van der Waals surface area contributed by atoms with Crippen LogP contribution in [0.25, 0.3) is 0 Å². The van der Waals surface area contributed by atoms with Crippen molar-refractivity contribution in [1.82, 2.24) is 14.5 Å². The highest BCUT2D eigenvalue weighted by atomic mass is 32.2. The second kappa shape index (κ2) is 10.6. The van der Waals surface area contributed by atoms with Crippen LogP contribution in [0.15, 0.2) is 89.8 Å². The standard InChI is InChI=1S/C26H26N4O3S/c27-19-23-13-7-8-14-24(23)34(32,33)30-17-15-29(16-18-30)25(31)20-28-26(21-9-3-1-4-10-21)22-11-5-2-6-12-22/h1-14,26,28H,15-18,20H2. The summed E-state index contributed by atoms with van der Waals surface area (Å²) in [5.41, 5.74) is 2.25. The van der Waals surface area contributed by atoms with Gasteiger partial charge in [-0.15, -0.1) is 0 Å². The minimum Gasteiger partial charge on any atom is -0.339 e. The summed E-state index contributed by atoms with van der Waals surface area (Å²) in [6, 6.07) is 27.9. The number of hydrogen-bond donors (Lipinski definition) is 1. The number of nitrogens with one attached hydrogen (secondary N) is 1. The van der Waals surface area contributed by atoms with Crippen LogP contribution in [0.3, 0.4) is 0 Å². The highest BCUT2D eigenvalue weighted by Crippen LogP contribution is 2.23. The van der Waals surface area contributed by atoms with Gasteiger partial charge in [-0.25, -0.2) is 8.42 Å². The Morgan fingerprint density at radius 2 is 1.38 bits per heavy atom. The van der Waals surface area contributed by atoms with Crippen LogP contribution < -0.4 is 5.32 Å². The first kappa shape index (κ1) is 23.6. The van der Waals surface area contributed by atoms with Gasteiger partial charge in [-0.1, -0.05) is 72.8 Å². The zero-order valence-corrected chi connectivity index (χ0v) is 19.5. The van der Waals surface area contributed by atoms with Crippen molar-refractivity contribution in [3.8, 4) is 6.07 Å². The lowest BCUT2D eigenvalue weighted by Crippen LogP contribution is -2.52. The molecule has 0 bridgehead atoms. The van der Waals surface area contributed by atoms with Crippen LogP contribution in [0.2, 0.25) is 0 Å². The molecule has 8 heteroatoms. The van der Waals surface area contributed by atoms with Crippen molar-refractivity contribution in [2.75, 3.05) is 32.7 Å². The molecule has 0 aromatic heterocycles. The van der Waals surface area contributed by atoms with E-state index in [0.29, 0.717) is 13.1 Å². The van der Waals surface area contributed by atoms with Gasteiger partial charge < -0.3 is 4.90 Å².